The number of hydrogen-bond donors (Lipinski definition) is 0. The summed E-state index contributed by atoms with van der Waals surface area (Å²) in [6.45, 7) is 6.30. The van der Waals surface area contributed by atoms with E-state index in [1.165, 1.54) is 5.56 Å². The lowest BCUT2D eigenvalue weighted by Gasteiger charge is -2.29. The predicted octanol–water partition coefficient (Wildman–Crippen LogP) is 4.26. The average molecular weight is 333 g/mol. The van der Waals surface area contributed by atoms with Gasteiger partial charge in [0, 0.05) is 42.6 Å². The van der Waals surface area contributed by atoms with Crippen LogP contribution in [-0.4, -0.2) is 22.7 Å². The van der Waals surface area contributed by atoms with Crippen LogP contribution in [0.4, 0.5) is 0 Å². The summed E-state index contributed by atoms with van der Waals surface area (Å²) in [4.78, 5) is 6.61. The lowest BCUT2D eigenvalue weighted by atomic mass is 10.1. The zero-order valence-electron chi connectivity index (χ0n) is 13.5. The average Bonchev–Trinajstić information content (AvgIpc) is 3.01. The van der Waals surface area contributed by atoms with E-state index in [1.54, 1.807) is 6.20 Å². The van der Waals surface area contributed by atoms with Gasteiger partial charge in [-0.05, 0) is 36.6 Å². The highest BCUT2D eigenvalue weighted by molar-refractivity contribution is 6.31. The Bertz CT molecular complexity index is 664. The van der Waals surface area contributed by atoms with Crippen molar-refractivity contribution in [2.24, 2.45) is 0 Å². The molecule has 0 N–H and O–H groups in total. The third-order valence-corrected chi connectivity index (χ3v) is 4.59. The first-order valence-electron chi connectivity index (χ1n) is 7.88. The van der Waals surface area contributed by atoms with Crippen molar-refractivity contribution in [3.05, 3.63) is 52.8 Å². The van der Waals surface area contributed by atoms with E-state index in [2.05, 4.69) is 29.8 Å². The number of halogens is 1. The fourth-order valence-electron chi connectivity index (χ4n) is 2.65. The lowest BCUT2D eigenvalue weighted by molar-refractivity contribution is 0.173. The molecule has 0 unspecified atom stereocenters. The van der Waals surface area contributed by atoms with Crippen LogP contribution in [0, 0.1) is 0 Å². The van der Waals surface area contributed by atoms with Crippen LogP contribution in [0.15, 0.2) is 36.7 Å². The number of pyridine rings is 1. The summed E-state index contributed by atoms with van der Waals surface area (Å²) in [5.41, 5.74) is 2.25. The minimum Gasteiger partial charge on any atom is -0.454 e. The number of benzene rings is 1. The summed E-state index contributed by atoms with van der Waals surface area (Å²) in [7, 11) is 0. The summed E-state index contributed by atoms with van der Waals surface area (Å²) in [6.07, 6.45) is 4.78. The molecule has 23 heavy (non-hydrogen) atoms. The van der Waals surface area contributed by atoms with E-state index in [4.69, 9.17) is 21.1 Å². The standard InChI is InChI=1S/C18H21ClN2O2/c1-3-13(2)21(10-14-5-4-6-20-9-14)11-15-7-17-18(8-16(15)19)23-12-22-17/h4-9,13H,3,10-12H2,1-2H3/t13-/m0/s1. The van der Waals surface area contributed by atoms with Gasteiger partial charge in [-0.2, -0.15) is 0 Å². The molecule has 1 aliphatic heterocycles. The predicted molar refractivity (Wildman–Crippen MR) is 90.8 cm³/mol. The first-order chi connectivity index (χ1) is 11.2. The normalized spacial score (nSPS) is 14.3. The molecule has 0 saturated carbocycles. The van der Waals surface area contributed by atoms with Crippen LogP contribution in [0.2, 0.25) is 5.02 Å². The molecule has 1 aliphatic rings. The molecule has 0 bridgehead atoms. The third-order valence-electron chi connectivity index (χ3n) is 4.24. The molecule has 0 saturated heterocycles. The molecule has 4 nitrogen and oxygen atoms in total. The smallest absolute Gasteiger partial charge is 0.231 e. The Labute approximate surface area is 142 Å². The molecule has 0 fully saturated rings. The summed E-state index contributed by atoms with van der Waals surface area (Å²) < 4.78 is 10.8. The summed E-state index contributed by atoms with van der Waals surface area (Å²) in [5.74, 6) is 1.50. The Morgan fingerprint density at radius 2 is 2.04 bits per heavy atom. The Hall–Kier alpha value is -1.78. The minimum atomic E-state index is 0.264. The minimum absolute atomic E-state index is 0.264. The molecule has 1 aromatic heterocycles. The second-order valence-electron chi connectivity index (χ2n) is 5.82. The quantitative estimate of drug-likeness (QED) is 0.791. The largest absolute Gasteiger partial charge is 0.454 e. The summed E-state index contributed by atoms with van der Waals surface area (Å²) >= 11 is 6.43. The van der Waals surface area contributed by atoms with Gasteiger partial charge >= 0.3 is 0 Å². The van der Waals surface area contributed by atoms with Crippen molar-refractivity contribution >= 4 is 11.6 Å². The highest BCUT2D eigenvalue weighted by Crippen LogP contribution is 2.37. The van der Waals surface area contributed by atoms with Gasteiger partial charge in [-0.1, -0.05) is 24.6 Å². The number of rotatable bonds is 6. The van der Waals surface area contributed by atoms with Crippen molar-refractivity contribution in [1.29, 1.82) is 0 Å². The maximum Gasteiger partial charge on any atom is 0.231 e. The van der Waals surface area contributed by atoms with Crippen LogP contribution < -0.4 is 9.47 Å². The number of nitrogens with zero attached hydrogens (tertiary/aromatic N) is 2. The van der Waals surface area contributed by atoms with E-state index in [0.29, 0.717) is 11.1 Å². The van der Waals surface area contributed by atoms with Gasteiger partial charge in [-0.15, -0.1) is 0 Å². The van der Waals surface area contributed by atoms with E-state index >= 15 is 0 Å². The molecule has 0 spiro atoms. The highest BCUT2D eigenvalue weighted by atomic mass is 35.5. The first kappa shape index (κ1) is 16.1. The van der Waals surface area contributed by atoms with Crippen molar-refractivity contribution in [1.82, 2.24) is 9.88 Å². The number of ether oxygens (including phenoxy) is 2. The SMILES string of the molecule is CC[C@H](C)N(Cc1cccnc1)Cc1cc2c(cc1Cl)OCO2. The Morgan fingerprint density at radius 3 is 2.74 bits per heavy atom. The Morgan fingerprint density at radius 1 is 1.26 bits per heavy atom. The third kappa shape index (κ3) is 3.77. The molecular weight excluding hydrogens is 312 g/mol. The van der Waals surface area contributed by atoms with Gasteiger partial charge in [0.1, 0.15) is 0 Å². The van der Waals surface area contributed by atoms with Crippen LogP contribution in [0.25, 0.3) is 0 Å². The molecule has 5 heteroatoms. The molecule has 3 rings (SSSR count). The lowest BCUT2D eigenvalue weighted by Crippen LogP contribution is -2.31. The van der Waals surface area contributed by atoms with Crippen molar-refractivity contribution in [3.8, 4) is 11.5 Å². The van der Waals surface area contributed by atoms with Gasteiger partial charge in [0.05, 0.1) is 0 Å². The fraction of sp³-hybridized carbons (Fsp3) is 0.389. The second-order valence-corrected chi connectivity index (χ2v) is 6.23. The van der Waals surface area contributed by atoms with Gasteiger partial charge in [0.15, 0.2) is 11.5 Å². The van der Waals surface area contributed by atoms with Gasteiger partial charge in [-0.3, -0.25) is 9.88 Å². The molecule has 1 aromatic carbocycles. The van der Waals surface area contributed by atoms with E-state index in [9.17, 15) is 0 Å². The Kier molecular flexibility index (Phi) is 5.03. The zero-order valence-corrected chi connectivity index (χ0v) is 14.2. The zero-order chi connectivity index (χ0) is 16.2. The Balaban J connectivity index is 1.81. The van der Waals surface area contributed by atoms with Crippen LogP contribution >= 0.6 is 11.6 Å². The fourth-order valence-corrected chi connectivity index (χ4v) is 2.86. The molecule has 2 aromatic rings. The number of fused-ring (bicyclic) bond motifs is 1. The summed E-state index contributed by atoms with van der Waals surface area (Å²) in [5, 5.41) is 0.716. The van der Waals surface area contributed by atoms with Crippen LogP contribution in [-0.2, 0) is 13.1 Å². The number of aromatic nitrogens is 1. The van der Waals surface area contributed by atoms with Crippen LogP contribution in [0.5, 0.6) is 11.5 Å². The van der Waals surface area contributed by atoms with Crippen molar-refractivity contribution in [3.63, 3.8) is 0 Å². The maximum atomic E-state index is 6.43. The molecule has 0 aliphatic carbocycles. The van der Waals surface area contributed by atoms with Crippen molar-refractivity contribution in [2.75, 3.05) is 6.79 Å². The van der Waals surface area contributed by atoms with Crippen molar-refractivity contribution < 1.29 is 9.47 Å². The van der Waals surface area contributed by atoms with E-state index in [1.807, 2.05) is 24.4 Å². The number of hydrogen-bond acceptors (Lipinski definition) is 4. The van der Waals surface area contributed by atoms with Gasteiger partial charge in [0.25, 0.3) is 0 Å². The molecule has 0 radical (unpaired) electrons. The summed E-state index contributed by atoms with van der Waals surface area (Å²) in [6, 6.07) is 8.35. The maximum absolute atomic E-state index is 6.43. The topological polar surface area (TPSA) is 34.6 Å². The van der Waals surface area contributed by atoms with Gasteiger partial charge in [0.2, 0.25) is 6.79 Å². The van der Waals surface area contributed by atoms with Crippen LogP contribution in [0.3, 0.4) is 0 Å². The molecule has 2 heterocycles. The second kappa shape index (κ2) is 7.20. The van der Waals surface area contributed by atoms with Gasteiger partial charge < -0.3 is 9.47 Å². The van der Waals surface area contributed by atoms with Crippen molar-refractivity contribution in [2.45, 2.75) is 39.4 Å². The first-order valence-corrected chi connectivity index (χ1v) is 8.26. The molecule has 122 valence electrons. The monoisotopic (exact) mass is 332 g/mol. The molecular formula is C18H21ClN2O2. The van der Waals surface area contributed by atoms with E-state index < -0.39 is 0 Å². The van der Waals surface area contributed by atoms with E-state index in [-0.39, 0.29) is 6.79 Å². The van der Waals surface area contributed by atoms with E-state index in [0.717, 1.165) is 36.6 Å². The van der Waals surface area contributed by atoms with Crippen LogP contribution in [0.1, 0.15) is 31.4 Å². The molecule has 1 atom stereocenters. The van der Waals surface area contributed by atoms with Gasteiger partial charge in [-0.25, -0.2) is 0 Å². The highest BCUT2D eigenvalue weighted by Gasteiger charge is 2.20. The molecule has 0 amide bonds.